The Bertz CT molecular complexity index is 902. The number of hydrogen-bond acceptors (Lipinski definition) is 6. The van der Waals surface area contributed by atoms with Gasteiger partial charge in [0.1, 0.15) is 16.5 Å². The largest absolute Gasteiger partial charge is 0.354 e. The molecule has 7 heteroatoms. The maximum Gasteiger partial charge on any atom is 0.153 e. The van der Waals surface area contributed by atoms with Crippen molar-refractivity contribution < 1.29 is 8.42 Å². The number of thiophene rings is 1. The number of aryl methyl sites for hydroxylation is 2. The topological polar surface area (TPSA) is 63.2 Å². The van der Waals surface area contributed by atoms with E-state index in [9.17, 15) is 8.42 Å². The molecule has 0 N–H and O–H groups in total. The van der Waals surface area contributed by atoms with Gasteiger partial charge in [0, 0.05) is 23.9 Å². The zero-order chi connectivity index (χ0) is 16.3. The summed E-state index contributed by atoms with van der Waals surface area (Å²) < 4.78 is 23.6. The zero-order valence-electron chi connectivity index (χ0n) is 13.6. The molecule has 0 bridgehead atoms. The number of hydrogen-bond donors (Lipinski definition) is 0. The third-order valence-electron chi connectivity index (χ3n) is 5.40. The summed E-state index contributed by atoms with van der Waals surface area (Å²) in [6.07, 6.45) is 7.13. The molecule has 5 nitrogen and oxygen atoms in total. The van der Waals surface area contributed by atoms with Crippen molar-refractivity contribution in [3.05, 3.63) is 16.3 Å². The van der Waals surface area contributed by atoms with Crippen LogP contribution in [-0.4, -0.2) is 43.0 Å². The fourth-order valence-corrected chi connectivity index (χ4v) is 6.30. The Morgan fingerprint density at radius 1 is 1.04 bits per heavy atom. The predicted octanol–water partition coefficient (Wildman–Crippen LogP) is 2.68. The molecule has 0 radical (unpaired) electrons. The highest BCUT2D eigenvalue weighted by atomic mass is 32.2. The van der Waals surface area contributed by atoms with Crippen LogP contribution in [0.4, 0.5) is 5.82 Å². The molecule has 1 saturated carbocycles. The second-order valence-electron chi connectivity index (χ2n) is 7.21. The van der Waals surface area contributed by atoms with E-state index >= 15 is 0 Å². The van der Waals surface area contributed by atoms with Crippen molar-refractivity contribution in [2.75, 3.05) is 29.5 Å². The van der Waals surface area contributed by atoms with Crippen molar-refractivity contribution in [2.24, 2.45) is 0 Å². The maximum absolute atomic E-state index is 11.8. The highest BCUT2D eigenvalue weighted by Gasteiger charge is 2.32. The first-order valence-electron chi connectivity index (χ1n) is 8.88. The second-order valence-corrected chi connectivity index (χ2v) is 10.6. The van der Waals surface area contributed by atoms with Crippen LogP contribution in [0, 0.1) is 0 Å². The molecule has 0 unspecified atom stereocenters. The smallest absolute Gasteiger partial charge is 0.153 e. The summed E-state index contributed by atoms with van der Waals surface area (Å²) in [7, 11) is -2.88. The fraction of sp³-hybridized carbons (Fsp3) is 0.647. The van der Waals surface area contributed by atoms with Crippen LogP contribution in [0.15, 0.2) is 0 Å². The van der Waals surface area contributed by atoms with E-state index in [0.717, 1.165) is 29.3 Å². The molecule has 2 aromatic rings. The third kappa shape index (κ3) is 2.52. The zero-order valence-corrected chi connectivity index (χ0v) is 15.3. The monoisotopic (exact) mass is 363 g/mol. The Morgan fingerprint density at radius 2 is 1.79 bits per heavy atom. The Hall–Kier alpha value is -1.21. The number of anilines is 1. The van der Waals surface area contributed by atoms with Gasteiger partial charge in [-0.15, -0.1) is 11.3 Å². The molecule has 0 atom stereocenters. The van der Waals surface area contributed by atoms with Gasteiger partial charge < -0.3 is 4.90 Å². The summed E-state index contributed by atoms with van der Waals surface area (Å²) in [5, 5.41) is 1.22. The van der Waals surface area contributed by atoms with Gasteiger partial charge in [0.25, 0.3) is 0 Å². The molecule has 0 amide bonds. The molecule has 5 rings (SSSR count). The molecule has 0 spiro atoms. The summed E-state index contributed by atoms with van der Waals surface area (Å²) in [6.45, 7) is 1.12. The van der Waals surface area contributed by atoms with Gasteiger partial charge in [-0.25, -0.2) is 18.4 Å². The molecule has 2 aromatic heterocycles. The van der Waals surface area contributed by atoms with E-state index in [1.807, 2.05) is 11.3 Å². The van der Waals surface area contributed by atoms with Crippen LogP contribution in [0.25, 0.3) is 10.2 Å². The highest BCUT2D eigenvalue weighted by molar-refractivity contribution is 7.91. The number of rotatable bonds is 2. The van der Waals surface area contributed by atoms with E-state index in [-0.39, 0.29) is 11.5 Å². The Kier molecular flexibility index (Phi) is 3.39. The van der Waals surface area contributed by atoms with Gasteiger partial charge in [0.15, 0.2) is 9.84 Å². The minimum atomic E-state index is -2.88. The quantitative estimate of drug-likeness (QED) is 0.821. The molecule has 1 aliphatic heterocycles. The molecular formula is C17H21N3O2S2. The van der Waals surface area contributed by atoms with Crippen molar-refractivity contribution in [1.82, 2.24) is 9.97 Å². The molecule has 3 aliphatic rings. The minimum absolute atomic E-state index is 0.240. The summed E-state index contributed by atoms with van der Waals surface area (Å²) in [6, 6.07) is 0. The summed E-state index contributed by atoms with van der Waals surface area (Å²) in [4.78, 5) is 14.6. The molecule has 2 aliphatic carbocycles. The van der Waals surface area contributed by atoms with E-state index in [1.54, 1.807) is 0 Å². The van der Waals surface area contributed by atoms with Crippen molar-refractivity contribution in [2.45, 2.75) is 44.4 Å². The lowest BCUT2D eigenvalue weighted by molar-refractivity contribution is 0.586. The van der Waals surface area contributed by atoms with Crippen LogP contribution in [0.1, 0.15) is 47.9 Å². The van der Waals surface area contributed by atoms with Gasteiger partial charge in [-0.3, -0.25) is 0 Å². The van der Waals surface area contributed by atoms with E-state index in [1.165, 1.54) is 41.5 Å². The van der Waals surface area contributed by atoms with Crippen molar-refractivity contribution in [3.8, 4) is 0 Å². The van der Waals surface area contributed by atoms with E-state index in [0.29, 0.717) is 19.0 Å². The van der Waals surface area contributed by atoms with Gasteiger partial charge >= 0.3 is 0 Å². The van der Waals surface area contributed by atoms with E-state index < -0.39 is 9.84 Å². The molecule has 128 valence electrons. The maximum atomic E-state index is 11.8. The van der Waals surface area contributed by atoms with Crippen LogP contribution >= 0.6 is 11.3 Å². The number of aromatic nitrogens is 2. The second kappa shape index (κ2) is 5.39. The van der Waals surface area contributed by atoms with Gasteiger partial charge in [-0.2, -0.15) is 0 Å². The lowest BCUT2D eigenvalue weighted by Crippen LogP contribution is -2.41. The van der Waals surface area contributed by atoms with Gasteiger partial charge in [0.2, 0.25) is 0 Å². The number of fused-ring (bicyclic) bond motifs is 3. The minimum Gasteiger partial charge on any atom is -0.354 e. The van der Waals surface area contributed by atoms with E-state index in [2.05, 4.69) is 4.90 Å². The van der Waals surface area contributed by atoms with Crippen LogP contribution < -0.4 is 4.90 Å². The Morgan fingerprint density at radius 3 is 2.54 bits per heavy atom. The number of sulfone groups is 1. The first-order valence-corrected chi connectivity index (χ1v) is 11.5. The van der Waals surface area contributed by atoms with Gasteiger partial charge in [0.05, 0.1) is 16.9 Å². The summed E-state index contributed by atoms with van der Waals surface area (Å²) >= 11 is 1.84. The molecule has 2 fully saturated rings. The Labute approximate surface area is 146 Å². The highest BCUT2D eigenvalue weighted by Crippen LogP contribution is 2.44. The first kappa shape index (κ1) is 15.1. The summed E-state index contributed by atoms with van der Waals surface area (Å²) in [5.74, 6) is 2.98. The predicted molar refractivity (Wildman–Crippen MR) is 96.9 cm³/mol. The molecular weight excluding hydrogens is 342 g/mol. The first-order chi connectivity index (χ1) is 11.6. The van der Waals surface area contributed by atoms with Gasteiger partial charge in [-0.05, 0) is 44.1 Å². The molecule has 0 aromatic carbocycles. The Balaban J connectivity index is 1.66. The van der Waals surface area contributed by atoms with Crippen molar-refractivity contribution >= 4 is 37.2 Å². The normalized spacial score (nSPS) is 23.4. The summed E-state index contributed by atoms with van der Waals surface area (Å²) in [5.41, 5.74) is 1.44. The lowest BCUT2D eigenvalue weighted by Gasteiger charge is -2.29. The number of nitrogens with zero attached hydrogens (tertiary/aromatic N) is 3. The van der Waals surface area contributed by atoms with Gasteiger partial charge in [-0.1, -0.05) is 0 Å². The standard InChI is InChI=1S/C17H21N3O2S2/c21-24(22)9-7-20(8-10-24)16-14-12-3-1-2-4-13(12)23-17(14)19-15(18-16)11-5-6-11/h11H,1-10H2. The van der Waals surface area contributed by atoms with Crippen LogP contribution in [0.5, 0.6) is 0 Å². The van der Waals surface area contributed by atoms with Crippen molar-refractivity contribution in [3.63, 3.8) is 0 Å². The average molecular weight is 364 g/mol. The van der Waals surface area contributed by atoms with Crippen LogP contribution in [-0.2, 0) is 22.7 Å². The SMILES string of the molecule is O=S1(=O)CCN(c2nc(C3CC3)nc3sc4c(c23)CCCC4)CC1. The molecule has 24 heavy (non-hydrogen) atoms. The van der Waals surface area contributed by atoms with Crippen LogP contribution in [0.3, 0.4) is 0 Å². The average Bonchev–Trinajstić information content (AvgIpc) is 3.35. The van der Waals surface area contributed by atoms with Crippen molar-refractivity contribution in [1.29, 1.82) is 0 Å². The molecule has 1 saturated heterocycles. The molecule has 3 heterocycles. The van der Waals surface area contributed by atoms with E-state index in [4.69, 9.17) is 9.97 Å². The lowest BCUT2D eigenvalue weighted by atomic mass is 9.97. The van der Waals surface area contributed by atoms with Crippen LogP contribution in [0.2, 0.25) is 0 Å². The third-order valence-corrected chi connectivity index (χ3v) is 8.19. The fourth-order valence-electron chi connectivity index (χ4n) is 3.83.